The molecule has 0 spiro atoms. The van der Waals surface area contributed by atoms with E-state index in [0.29, 0.717) is 11.6 Å². The number of amides is 1. The highest BCUT2D eigenvalue weighted by atomic mass is 16.2. The van der Waals surface area contributed by atoms with E-state index in [1.807, 2.05) is 23.1 Å². The third kappa shape index (κ3) is 2.26. The Kier molecular flexibility index (Phi) is 3.38. The van der Waals surface area contributed by atoms with Crippen molar-refractivity contribution in [2.24, 2.45) is 5.92 Å². The van der Waals surface area contributed by atoms with Crippen LogP contribution in [-0.2, 0) is 0 Å². The van der Waals surface area contributed by atoms with E-state index in [-0.39, 0.29) is 5.91 Å². The normalized spacial score (nSPS) is 18.9. The molecule has 1 aromatic carbocycles. The highest BCUT2D eigenvalue weighted by molar-refractivity contribution is 6.07. The van der Waals surface area contributed by atoms with Gasteiger partial charge in [0.1, 0.15) is 0 Å². The molecular weight excluding hydrogens is 250 g/mol. The average molecular weight is 271 g/mol. The Morgan fingerprint density at radius 1 is 1.50 bits per heavy atom. The Hall–Kier alpha value is -1.97. The Morgan fingerprint density at radius 3 is 3.15 bits per heavy atom. The van der Waals surface area contributed by atoms with Gasteiger partial charge in [0, 0.05) is 35.9 Å². The van der Waals surface area contributed by atoms with Crippen molar-refractivity contribution < 1.29 is 4.79 Å². The van der Waals surface area contributed by atoms with Crippen LogP contribution in [0.3, 0.4) is 0 Å². The minimum atomic E-state index is 0.125. The number of nitrogens with one attached hydrogen (secondary N) is 1. The summed E-state index contributed by atoms with van der Waals surface area (Å²) in [4.78, 5) is 17.8. The lowest BCUT2D eigenvalue weighted by Crippen LogP contribution is -2.28. The topological polar surface area (TPSA) is 62.1 Å². The molecule has 1 unspecified atom stereocenters. The number of aromatic nitrogens is 1. The number of hydrogen-bond donors (Lipinski definition) is 2. The Morgan fingerprint density at radius 2 is 2.35 bits per heavy atom. The first kappa shape index (κ1) is 13.0. The molecule has 20 heavy (non-hydrogen) atoms. The summed E-state index contributed by atoms with van der Waals surface area (Å²) in [7, 11) is 0. The summed E-state index contributed by atoms with van der Waals surface area (Å²) in [6.45, 7) is 3.97. The van der Waals surface area contributed by atoms with Gasteiger partial charge < -0.3 is 15.6 Å². The molecule has 1 amide bonds. The molecule has 2 aromatic rings. The maximum atomic E-state index is 12.6. The molecule has 0 bridgehead atoms. The third-order valence-electron chi connectivity index (χ3n) is 4.21. The van der Waals surface area contributed by atoms with E-state index in [0.717, 1.165) is 36.0 Å². The molecule has 1 aliphatic heterocycles. The molecule has 1 atom stereocenters. The minimum Gasteiger partial charge on any atom is -0.399 e. The van der Waals surface area contributed by atoms with Crippen LogP contribution in [0, 0.1) is 5.92 Å². The van der Waals surface area contributed by atoms with Crippen LogP contribution in [0.1, 0.15) is 36.5 Å². The van der Waals surface area contributed by atoms with Crippen molar-refractivity contribution in [3.05, 3.63) is 30.0 Å². The van der Waals surface area contributed by atoms with Crippen LogP contribution in [-0.4, -0.2) is 28.9 Å². The lowest BCUT2D eigenvalue weighted by Gasteiger charge is -2.16. The quantitative estimate of drug-likeness (QED) is 0.843. The SMILES string of the molecule is CCCC1CCN(C(=O)c2c[nH]c3ccc(N)cc23)C1. The zero-order chi connectivity index (χ0) is 14.1. The third-order valence-corrected chi connectivity index (χ3v) is 4.21. The van der Waals surface area contributed by atoms with Crippen LogP contribution < -0.4 is 5.73 Å². The molecule has 106 valence electrons. The van der Waals surface area contributed by atoms with E-state index in [9.17, 15) is 4.79 Å². The fraction of sp³-hybridized carbons (Fsp3) is 0.438. The van der Waals surface area contributed by atoms with E-state index < -0.39 is 0 Å². The first-order valence-corrected chi connectivity index (χ1v) is 7.35. The first-order valence-electron chi connectivity index (χ1n) is 7.35. The van der Waals surface area contributed by atoms with Gasteiger partial charge >= 0.3 is 0 Å². The lowest BCUT2D eigenvalue weighted by atomic mass is 10.0. The molecule has 0 radical (unpaired) electrons. The number of anilines is 1. The second-order valence-corrected chi connectivity index (χ2v) is 5.70. The van der Waals surface area contributed by atoms with Gasteiger partial charge in [-0.15, -0.1) is 0 Å². The minimum absolute atomic E-state index is 0.125. The molecule has 3 rings (SSSR count). The fourth-order valence-electron chi connectivity index (χ4n) is 3.15. The zero-order valence-corrected chi connectivity index (χ0v) is 11.9. The van der Waals surface area contributed by atoms with E-state index in [4.69, 9.17) is 5.73 Å². The number of hydrogen-bond acceptors (Lipinski definition) is 2. The molecule has 1 saturated heterocycles. The Labute approximate surface area is 118 Å². The molecule has 0 saturated carbocycles. The van der Waals surface area contributed by atoms with Crippen LogP contribution in [0.4, 0.5) is 5.69 Å². The summed E-state index contributed by atoms with van der Waals surface area (Å²) in [6.07, 6.45) is 5.34. The van der Waals surface area contributed by atoms with Crippen molar-refractivity contribution in [1.82, 2.24) is 9.88 Å². The van der Waals surface area contributed by atoms with Crippen molar-refractivity contribution in [2.45, 2.75) is 26.2 Å². The zero-order valence-electron chi connectivity index (χ0n) is 11.9. The van der Waals surface area contributed by atoms with Gasteiger partial charge in [-0.25, -0.2) is 0 Å². The van der Waals surface area contributed by atoms with Crippen molar-refractivity contribution in [2.75, 3.05) is 18.8 Å². The molecule has 1 aromatic heterocycles. The predicted molar refractivity (Wildman–Crippen MR) is 81.6 cm³/mol. The van der Waals surface area contributed by atoms with Crippen LogP contribution >= 0.6 is 0 Å². The highest BCUT2D eigenvalue weighted by Gasteiger charge is 2.27. The number of aromatic amines is 1. The van der Waals surface area contributed by atoms with Crippen molar-refractivity contribution >= 4 is 22.5 Å². The fourth-order valence-corrected chi connectivity index (χ4v) is 3.15. The number of carbonyl (C=O) groups is 1. The van der Waals surface area contributed by atoms with E-state index >= 15 is 0 Å². The molecule has 3 N–H and O–H groups in total. The first-order chi connectivity index (χ1) is 9.69. The molecule has 1 aliphatic rings. The largest absolute Gasteiger partial charge is 0.399 e. The van der Waals surface area contributed by atoms with Gasteiger partial charge in [-0.1, -0.05) is 13.3 Å². The van der Waals surface area contributed by atoms with Gasteiger partial charge in [0.2, 0.25) is 0 Å². The van der Waals surface area contributed by atoms with Crippen LogP contribution in [0.2, 0.25) is 0 Å². The summed E-state index contributed by atoms with van der Waals surface area (Å²) in [5.74, 6) is 0.791. The summed E-state index contributed by atoms with van der Waals surface area (Å²) in [6, 6.07) is 5.64. The number of fused-ring (bicyclic) bond motifs is 1. The van der Waals surface area contributed by atoms with Crippen LogP contribution in [0.5, 0.6) is 0 Å². The molecule has 4 heteroatoms. The molecule has 0 aliphatic carbocycles. The number of carbonyl (C=O) groups excluding carboxylic acids is 1. The Balaban J connectivity index is 1.84. The van der Waals surface area contributed by atoms with Crippen LogP contribution in [0.25, 0.3) is 10.9 Å². The summed E-state index contributed by atoms with van der Waals surface area (Å²) in [5.41, 5.74) is 8.22. The summed E-state index contributed by atoms with van der Waals surface area (Å²) < 4.78 is 0. The average Bonchev–Trinajstić information content (AvgIpc) is 3.05. The van der Waals surface area contributed by atoms with Gasteiger partial charge in [-0.2, -0.15) is 0 Å². The predicted octanol–water partition coefficient (Wildman–Crippen LogP) is 3.01. The Bertz CT molecular complexity index is 632. The van der Waals surface area contributed by atoms with Crippen LogP contribution in [0.15, 0.2) is 24.4 Å². The molecule has 2 heterocycles. The van der Waals surface area contributed by atoms with Crippen molar-refractivity contribution in [3.8, 4) is 0 Å². The second-order valence-electron chi connectivity index (χ2n) is 5.70. The molecule has 1 fully saturated rings. The standard InChI is InChI=1S/C16H21N3O/c1-2-3-11-6-7-19(10-11)16(20)14-9-18-15-5-4-12(17)8-13(14)15/h4-5,8-9,11,18H,2-3,6-7,10,17H2,1H3. The van der Waals surface area contributed by atoms with Gasteiger partial charge in [-0.05, 0) is 37.0 Å². The van der Waals surface area contributed by atoms with Gasteiger partial charge in [-0.3, -0.25) is 4.79 Å². The maximum Gasteiger partial charge on any atom is 0.256 e. The number of nitrogens with two attached hydrogens (primary N) is 1. The smallest absolute Gasteiger partial charge is 0.256 e. The number of H-pyrrole nitrogens is 1. The number of nitrogens with zero attached hydrogens (tertiary/aromatic N) is 1. The lowest BCUT2D eigenvalue weighted by molar-refractivity contribution is 0.0788. The van der Waals surface area contributed by atoms with E-state index in [1.54, 1.807) is 6.20 Å². The van der Waals surface area contributed by atoms with Gasteiger partial charge in [0.15, 0.2) is 0 Å². The number of likely N-dealkylation sites (tertiary alicyclic amines) is 1. The summed E-state index contributed by atoms with van der Waals surface area (Å²) >= 11 is 0. The summed E-state index contributed by atoms with van der Waals surface area (Å²) in [5, 5.41) is 0.925. The van der Waals surface area contributed by atoms with Gasteiger partial charge in [0.25, 0.3) is 5.91 Å². The molecular formula is C16H21N3O. The second kappa shape index (κ2) is 5.19. The number of rotatable bonds is 3. The van der Waals surface area contributed by atoms with Gasteiger partial charge in [0.05, 0.1) is 5.56 Å². The van der Waals surface area contributed by atoms with Crippen molar-refractivity contribution in [1.29, 1.82) is 0 Å². The monoisotopic (exact) mass is 271 g/mol. The number of nitrogen functional groups attached to an aromatic ring is 1. The van der Waals surface area contributed by atoms with E-state index in [2.05, 4.69) is 11.9 Å². The number of benzene rings is 1. The highest BCUT2D eigenvalue weighted by Crippen LogP contribution is 2.26. The van der Waals surface area contributed by atoms with Crippen molar-refractivity contribution in [3.63, 3.8) is 0 Å². The molecule has 4 nitrogen and oxygen atoms in total. The maximum absolute atomic E-state index is 12.6. The van der Waals surface area contributed by atoms with E-state index in [1.165, 1.54) is 12.8 Å².